The first kappa shape index (κ1) is 11.7. The maximum Gasteiger partial charge on any atom is 0.0438 e. The van der Waals surface area contributed by atoms with E-state index in [4.69, 9.17) is 5.11 Å². The highest BCUT2D eigenvalue weighted by atomic mass is 32.1. The highest BCUT2D eigenvalue weighted by Gasteiger charge is 2.16. The van der Waals surface area contributed by atoms with Crippen molar-refractivity contribution in [2.75, 3.05) is 20.7 Å². The van der Waals surface area contributed by atoms with E-state index in [9.17, 15) is 0 Å². The van der Waals surface area contributed by atoms with Crippen molar-refractivity contribution >= 4 is 11.3 Å². The van der Waals surface area contributed by atoms with Gasteiger partial charge in [-0.05, 0) is 50.9 Å². The molecule has 0 amide bonds. The first-order valence-corrected chi connectivity index (χ1v) is 5.86. The van der Waals surface area contributed by atoms with Crippen LogP contribution in [0.4, 0.5) is 0 Å². The van der Waals surface area contributed by atoms with Crippen molar-refractivity contribution in [3.63, 3.8) is 0 Å². The molecule has 0 spiro atoms. The van der Waals surface area contributed by atoms with Gasteiger partial charge in [0.1, 0.15) is 0 Å². The average molecular weight is 213 g/mol. The summed E-state index contributed by atoms with van der Waals surface area (Å²) < 4.78 is 0. The molecule has 0 bridgehead atoms. The molecular formula is C11H19NOS. The molecule has 0 aliphatic carbocycles. The van der Waals surface area contributed by atoms with E-state index in [1.165, 1.54) is 10.4 Å². The molecule has 1 rings (SSSR count). The van der Waals surface area contributed by atoms with Gasteiger partial charge in [0.05, 0.1) is 0 Å². The van der Waals surface area contributed by atoms with E-state index in [1.54, 1.807) is 0 Å². The number of nitrogens with zero attached hydrogens (tertiary/aromatic N) is 1. The minimum atomic E-state index is 0.286. The van der Waals surface area contributed by atoms with Crippen LogP contribution in [-0.2, 0) is 0 Å². The maximum absolute atomic E-state index is 8.85. The van der Waals surface area contributed by atoms with Crippen LogP contribution in [-0.4, -0.2) is 30.7 Å². The molecule has 14 heavy (non-hydrogen) atoms. The quantitative estimate of drug-likeness (QED) is 0.812. The predicted molar refractivity (Wildman–Crippen MR) is 61.8 cm³/mol. The molecule has 80 valence electrons. The average Bonchev–Trinajstić information content (AvgIpc) is 2.52. The molecule has 0 radical (unpaired) electrons. The zero-order valence-corrected chi connectivity index (χ0v) is 9.97. The van der Waals surface area contributed by atoms with Gasteiger partial charge in [0.15, 0.2) is 0 Å². The second-order valence-electron chi connectivity index (χ2n) is 3.81. The molecule has 0 aromatic carbocycles. The van der Waals surface area contributed by atoms with Crippen LogP contribution in [0.2, 0.25) is 0 Å². The van der Waals surface area contributed by atoms with Crippen LogP contribution in [0.3, 0.4) is 0 Å². The number of aliphatic hydroxyl groups is 1. The predicted octanol–water partition coefficient (Wildman–Crippen LogP) is 2.43. The first-order valence-electron chi connectivity index (χ1n) is 4.98. The Hall–Kier alpha value is -0.380. The summed E-state index contributed by atoms with van der Waals surface area (Å²) in [6, 6.07) is 2.62. The standard InChI is InChI=1S/C11H19NOS/c1-9-6-8-14-11(9)10(12(2)3)5-4-7-13/h6,8,10,13H,4-5,7H2,1-3H3. The highest BCUT2D eigenvalue weighted by Crippen LogP contribution is 2.30. The number of thiophene rings is 1. The number of hydrogen-bond donors (Lipinski definition) is 1. The van der Waals surface area contributed by atoms with Gasteiger partial charge in [-0.2, -0.15) is 0 Å². The van der Waals surface area contributed by atoms with Crippen molar-refractivity contribution in [2.24, 2.45) is 0 Å². The van der Waals surface area contributed by atoms with E-state index in [2.05, 4.69) is 37.4 Å². The Balaban J connectivity index is 2.73. The molecule has 0 saturated carbocycles. The Bertz CT molecular complexity index is 270. The van der Waals surface area contributed by atoms with Crippen LogP contribution >= 0.6 is 11.3 Å². The molecule has 1 N–H and O–H groups in total. The van der Waals surface area contributed by atoms with Gasteiger partial charge < -0.3 is 10.0 Å². The van der Waals surface area contributed by atoms with Crippen molar-refractivity contribution in [2.45, 2.75) is 25.8 Å². The van der Waals surface area contributed by atoms with Gasteiger partial charge in [-0.3, -0.25) is 0 Å². The normalized spacial score (nSPS) is 13.5. The molecule has 1 atom stereocenters. The molecule has 0 aliphatic heterocycles. The summed E-state index contributed by atoms with van der Waals surface area (Å²) in [6.07, 6.45) is 1.91. The summed E-state index contributed by atoms with van der Waals surface area (Å²) in [5.41, 5.74) is 1.37. The summed E-state index contributed by atoms with van der Waals surface area (Å²) in [6.45, 7) is 2.44. The van der Waals surface area contributed by atoms with Gasteiger partial charge in [-0.1, -0.05) is 0 Å². The fraction of sp³-hybridized carbons (Fsp3) is 0.636. The molecule has 1 aromatic rings. The molecule has 1 unspecified atom stereocenters. The highest BCUT2D eigenvalue weighted by molar-refractivity contribution is 7.10. The van der Waals surface area contributed by atoms with Gasteiger partial charge in [0, 0.05) is 17.5 Å². The third-order valence-corrected chi connectivity index (χ3v) is 3.58. The van der Waals surface area contributed by atoms with Gasteiger partial charge in [-0.25, -0.2) is 0 Å². The second-order valence-corrected chi connectivity index (χ2v) is 4.76. The van der Waals surface area contributed by atoms with Crippen molar-refractivity contribution < 1.29 is 5.11 Å². The largest absolute Gasteiger partial charge is 0.396 e. The summed E-state index contributed by atoms with van der Waals surface area (Å²) >= 11 is 1.81. The Labute approximate surface area is 90.2 Å². The van der Waals surface area contributed by atoms with E-state index >= 15 is 0 Å². The molecule has 2 nitrogen and oxygen atoms in total. The van der Waals surface area contributed by atoms with Gasteiger partial charge in [0.2, 0.25) is 0 Å². The van der Waals surface area contributed by atoms with Crippen molar-refractivity contribution in [3.8, 4) is 0 Å². The van der Waals surface area contributed by atoms with Crippen molar-refractivity contribution in [1.82, 2.24) is 4.90 Å². The van der Waals surface area contributed by atoms with Crippen LogP contribution < -0.4 is 0 Å². The van der Waals surface area contributed by atoms with E-state index in [0.29, 0.717) is 6.04 Å². The monoisotopic (exact) mass is 213 g/mol. The van der Waals surface area contributed by atoms with Crippen LogP contribution in [0.5, 0.6) is 0 Å². The molecule has 0 saturated heterocycles. The molecule has 1 heterocycles. The van der Waals surface area contributed by atoms with E-state index in [-0.39, 0.29) is 6.61 Å². The van der Waals surface area contributed by atoms with E-state index in [0.717, 1.165) is 12.8 Å². The minimum absolute atomic E-state index is 0.286. The summed E-state index contributed by atoms with van der Waals surface area (Å²) in [7, 11) is 4.20. The Morgan fingerprint density at radius 1 is 1.50 bits per heavy atom. The van der Waals surface area contributed by atoms with Crippen LogP contribution in [0.15, 0.2) is 11.4 Å². The third-order valence-electron chi connectivity index (χ3n) is 2.46. The van der Waals surface area contributed by atoms with Crippen molar-refractivity contribution in [1.29, 1.82) is 0 Å². The molecule has 1 aromatic heterocycles. The lowest BCUT2D eigenvalue weighted by Gasteiger charge is -2.23. The molecule has 0 fully saturated rings. The summed E-state index contributed by atoms with van der Waals surface area (Å²) in [5, 5.41) is 11.0. The van der Waals surface area contributed by atoms with E-state index < -0.39 is 0 Å². The van der Waals surface area contributed by atoms with Gasteiger partial charge >= 0.3 is 0 Å². The smallest absolute Gasteiger partial charge is 0.0438 e. The minimum Gasteiger partial charge on any atom is -0.396 e. The molecule has 0 aliphatic rings. The zero-order chi connectivity index (χ0) is 10.6. The van der Waals surface area contributed by atoms with E-state index in [1.807, 2.05) is 11.3 Å². The SMILES string of the molecule is Cc1ccsc1C(CCCO)N(C)C. The van der Waals surface area contributed by atoms with Crippen LogP contribution in [0.25, 0.3) is 0 Å². The first-order chi connectivity index (χ1) is 6.66. The van der Waals surface area contributed by atoms with Crippen molar-refractivity contribution in [3.05, 3.63) is 21.9 Å². The van der Waals surface area contributed by atoms with Crippen LogP contribution in [0.1, 0.15) is 29.3 Å². The Kier molecular flexibility index (Phi) is 4.58. The fourth-order valence-corrected chi connectivity index (χ4v) is 2.79. The van der Waals surface area contributed by atoms with Gasteiger partial charge in [-0.15, -0.1) is 11.3 Å². The zero-order valence-electron chi connectivity index (χ0n) is 9.16. The number of hydrogen-bond acceptors (Lipinski definition) is 3. The summed E-state index contributed by atoms with van der Waals surface area (Å²) in [5.74, 6) is 0. The lowest BCUT2D eigenvalue weighted by atomic mass is 10.1. The maximum atomic E-state index is 8.85. The molecular weight excluding hydrogens is 194 g/mol. The summed E-state index contributed by atoms with van der Waals surface area (Å²) in [4.78, 5) is 3.66. The fourth-order valence-electron chi connectivity index (χ4n) is 1.63. The molecule has 3 heteroatoms. The number of rotatable bonds is 5. The number of aliphatic hydroxyl groups excluding tert-OH is 1. The lowest BCUT2D eigenvalue weighted by Crippen LogP contribution is -2.20. The number of aryl methyl sites for hydroxylation is 1. The Morgan fingerprint density at radius 2 is 2.21 bits per heavy atom. The lowest BCUT2D eigenvalue weighted by molar-refractivity contribution is 0.237. The topological polar surface area (TPSA) is 23.5 Å². The second kappa shape index (κ2) is 5.49. The Morgan fingerprint density at radius 3 is 2.64 bits per heavy atom. The van der Waals surface area contributed by atoms with Gasteiger partial charge in [0.25, 0.3) is 0 Å². The third kappa shape index (κ3) is 2.80. The van der Waals surface area contributed by atoms with Crippen LogP contribution in [0, 0.1) is 6.92 Å².